The molecule has 2 atom stereocenters. The summed E-state index contributed by atoms with van der Waals surface area (Å²) in [5.74, 6) is 2.73. The van der Waals surface area contributed by atoms with E-state index >= 15 is 0 Å². The van der Waals surface area contributed by atoms with Crippen LogP contribution < -0.4 is 5.32 Å². The van der Waals surface area contributed by atoms with Gasteiger partial charge in [-0.05, 0) is 44.6 Å². The summed E-state index contributed by atoms with van der Waals surface area (Å²) in [4.78, 5) is 0. The third kappa shape index (κ3) is 5.39. The number of rotatable bonds is 6. The maximum absolute atomic E-state index is 3.30. The van der Waals surface area contributed by atoms with Crippen LogP contribution in [-0.2, 0) is 0 Å². The van der Waals surface area contributed by atoms with Crippen molar-refractivity contribution in [2.75, 3.05) is 13.6 Å². The normalized spacial score (nSPS) is 26.2. The van der Waals surface area contributed by atoms with Gasteiger partial charge in [-0.2, -0.15) is 0 Å². The molecule has 0 aliphatic heterocycles. The number of allylic oxidation sites excluding steroid dienone is 3. The monoisotopic (exact) mass is 249 g/mol. The van der Waals surface area contributed by atoms with E-state index in [1.807, 2.05) is 7.05 Å². The zero-order valence-electron chi connectivity index (χ0n) is 12.7. The van der Waals surface area contributed by atoms with Crippen LogP contribution in [0.4, 0.5) is 0 Å². The summed E-state index contributed by atoms with van der Waals surface area (Å²) in [6, 6.07) is 0. The molecule has 0 bridgehead atoms. The Balaban J connectivity index is 2.52. The summed E-state index contributed by atoms with van der Waals surface area (Å²) < 4.78 is 0. The van der Waals surface area contributed by atoms with Crippen LogP contribution in [0.5, 0.6) is 0 Å². The molecule has 0 heterocycles. The average molecular weight is 249 g/mol. The fourth-order valence-electron chi connectivity index (χ4n) is 3.15. The third-order valence-electron chi connectivity index (χ3n) is 4.25. The Morgan fingerprint density at radius 2 is 2.11 bits per heavy atom. The second kappa shape index (κ2) is 8.53. The molecule has 0 aromatic heterocycles. The van der Waals surface area contributed by atoms with Gasteiger partial charge in [-0.1, -0.05) is 56.9 Å². The molecule has 1 heteroatoms. The van der Waals surface area contributed by atoms with E-state index in [2.05, 4.69) is 44.3 Å². The number of hydrogen-bond donors (Lipinski definition) is 1. The second-order valence-electron chi connectivity index (χ2n) is 6.12. The lowest BCUT2D eigenvalue weighted by molar-refractivity contribution is 0.213. The van der Waals surface area contributed by atoms with Crippen molar-refractivity contribution in [2.45, 2.75) is 52.9 Å². The van der Waals surface area contributed by atoms with Crippen molar-refractivity contribution < 1.29 is 0 Å². The summed E-state index contributed by atoms with van der Waals surface area (Å²) in [7, 11) is 2.04. The van der Waals surface area contributed by atoms with Crippen molar-refractivity contribution in [2.24, 2.45) is 17.8 Å². The molecule has 104 valence electrons. The van der Waals surface area contributed by atoms with Crippen molar-refractivity contribution in [1.29, 1.82) is 0 Å². The number of likely N-dealkylation sites (N-methyl/N-ethyl adjacent to an activating group) is 1. The van der Waals surface area contributed by atoms with E-state index in [9.17, 15) is 0 Å². The first kappa shape index (κ1) is 15.5. The first-order valence-electron chi connectivity index (χ1n) is 7.62. The molecule has 0 aromatic carbocycles. The molecule has 18 heavy (non-hydrogen) atoms. The number of nitrogens with one attached hydrogen (secondary N) is 1. The number of hydrogen-bond acceptors (Lipinski definition) is 1. The highest BCUT2D eigenvalue weighted by Gasteiger charge is 2.24. The Hall–Kier alpha value is -0.560. The van der Waals surface area contributed by atoms with Crippen molar-refractivity contribution in [3.05, 3.63) is 23.8 Å². The Bertz CT molecular complexity index is 275. The van der Waals surface area contributed by atoms with E-state index in [1.54, 1.807) is 5.57 Å². The van der Waals surface area contributed by atoms with Crippen molar-refractivity contribution in [3.8, 4) is 0 Å². The molecule has 0 spiro atoms. The van der Waals surface area contributed by atoms with Crippen molar-refractivity contribution in [1.82, 2.24) is 5.32 Å². The lowest BCUT2D eigenvalue weighted by Gasteiger charge is -2.32. The van der Waals surface area contributed by atoms with E-state index in [-0.39, 0.29) is 0 Å². The van der Waals surface area contributed by atoms with Gasteiger partial charge in [-0.3, -0.25) is 0 Å². The van der Waals surface area contributed by atoms with Crippen LogP contribution >= 0.6 is 0 Å². The van der Waals surface area contributed by atoms with Gasteiger partial charge in [0.2, 0.25) is 0 Å². The lowest BCUT2D eigenvalue weighted by Crippen LogP contribution is -2.21. The first-order valence-corrected chi connectivity index (χ1v) is 7.62. The molecule has 1 aliphatic carbocycles. The van der Waals surface area contributed by atoms with E-state index in [0.717, 1.165) is 24.3 Å². The molecule has 0 radical (unpaired) electrons. The minimum atomic E-state index is 0.861. The van der Waals surface area contributed by atoms with Gasteiger partial charge in [0, 0.05) is 6.54 Å². The van der Waals surface area contributed by atoms with Crippen molar-refractivity contribution >= 4 is 0 Å². The molecule has 1 saturated carbocycles. The molecule has 1 aliphatic rings. The maximum Gasteiger partial charge on any atom is 0.0164 e. The molecule has 0 aromatic rings. The van der Waals surface area contributed by atoms with Gasteiger partial charge in [0.15, 0.2) is 0 Å². The van der Waals surface area contributed by atoms with Crippen LogP contribution in [0.25, 0.3) is 0 Å². The van der Waals surface area contributed by atoms with E-state index < -0.39 is 0 Å². The summed E-state index contributed by atoms with van der Waals surface area (Å²) in [6.07, 6.45) is 13.6. The van der Waals surface area contributed by atoms with Crippen LogP contribution in [0, 0.1) is 17.8 Å². The molecular weight excluding hydrogens is 218 g/mol. The molecule has 1 nitrogen and oxygen atoms in total. The largest absolute Gasteiger partial charge is 0.316 e. The van der Waals surface area contributed by atoms with Gasteiger partial charge in [0.1, 0.15) is 0 Å². The molecule has 1 fully saturated rings. The first-order chi connectivity index (χ1) is 8.67. The molecule has 0 saturated heterocycles. The van der Waals surface area contributed by atoms with E-state index in [1.165, 1.54) is 32.1 Å². The van der Waals surface area contributed by atoms with E-state index in [4.69, 9.17) is 0 Å². The van der Waals surface area contributed by atoms with Crippen molar-refractivity contribution in [3.63, 3.8) is 0 Å². The molecule has 2 unspecified atom stereocenters. The molecule has 1 rings (SSSR count). The Labute approximate surface area is 114 Å². The van der Waals surface area contributed by atoms with Gasteiger partial charge >= 0.3 is 0 Å². The van der Waals surface area contributed by atoms with Gasteiger partial charge in [-0.15, -0.1) is 0 Å². The van der Waals surface area contributed by atoms with Gasteiger partial charge < -0.3 is 5.32 Å². The highest BCUT2D eigenvalue weighted by atomic mass is 14.8. The lowest BCUT2D eigenvalue weighted by atomic mass is 9.74. The molecule has 0 amide bonds. The fraction of sp³-hybridized carbons (Fsp3) is 0.765. The zero-order chi connectivity index (χ0) is 13.4. The van der Waals surface area contributed by atoms with Crippen LogP contribution in [0.15, 0.2) is 23.8 Å². The maximum atomic E-state index is 3.30. The molecule has 1 N–H and O–H groups in total. The van der Waals surface area contributed by atoms with Gasteiger partial charge in [-0.25, -0.2) is 0 Å². The van der Waals surface area contributed by atoms with Crippen LogP contribution in [0.3, 0.4) is 0 Å². The average Bonchev–Trinajstić information content (AvgIpc) is 2.36. The highest BCUT2D eigenvalue weighted by molar-refractivity contribution is 5.14. The Kier molecular flexibility index (Phi) is 7.34. The second-order valence-corrected chi connectivity index (χ2v) is 6.12. The molecular formula is C17H31N. The van der Waals surface area contributed by atoms with Crippen LogP contribution in [0.2, 0.25) is 0 Å². The smallest absolute Gasteiger partial charge is 0.0164 e. The predicted octanol–water partition coefficient (Wildman–Crippen LogP) is 4.56. The minimum absolute atomic E-state index is 0.861. The fourth-order valence-corrected chi connectivity index (χ4v) is 3.15. The standard InChI is InChI=1S/C17H31N/c1-5-6-8-16(13-18-4)11-15-9-7-10-17(12-15)14(2)3/h5-6,8,14-15,17-18H,7,9-13H2,1-4H3/b6-5-,16-8-. The van der Waals surface area contributed by atoms with Gasteiger partial charge in [0.05, 0.1) is 0 Å². The van der Waals surface area contributed by atoms with Crippen LogP contribution in [-0.4, -0.2) is 13.6 Å². The zero-order valence-corrected chi connectivity index (χ0v) is 12.7. The quantitative estimate of drug-likeness (QED) is 0.680. The Morgan fingerprint density at radius 1 is 1.33 bits per heavy atom. The Morgan fingerprint density at radius 3 is 2.72 bits per heavy atom. The third-order valence-corrected chi connectivity index (χ3v) is 4.25. The van der Waals surface area contributed by atoms with Gasteiger partial charge in [0.25, 0.3) is 0 Å². The summed E-state index contributed by atoms with van der Waals surface area (Å²) in [6.45, 7) is 7.89. The highest BCUT2D eigenvalue weighted by Crippen LogP contribution is 2.36. The summed E-state index contributed by atoms with van der Waals surface area (Å²) in [5.41, 5.74) is 1.56. The minimum Gasteiger partial charge on any atom is -0.316 e. The topological polar surface area (TPSA) is 12.0 Å². The summed E-state index contributed by atoms with van der Waals surface area (Å²) >= 11 is 0. The van der Waals surface area contributed by atoms with Crippen LogP contribution in [0.1, 0.15) is 52.9 Å². The van der Waals surface area contributed by atoms with E-state index in [0.29, 0.717) is 0 Å². The summed E-state index contributed by atoms with van der Waals surface area (Å²) in [5, 5.41) is 3.30. The SMILES string of the molecule is C/C=C\C=C(/CNC)CC1CCCC(C(C)C)C1. The predicted molar refractivity (Wildman–Crippen MR) is 81.7 cm³/mol.